The van der Waals surface area contributed by atoms with Crippen LogP contribution in [0.2, 0.25) is 0 Å². The van der Waals surface area contributed by atoms with Crippen LogP contribution in [0.25, 0.3) is 0 Å². The summed E-state index contributed by atoms with van der Waals surface area (Å²) in [5.41, 5.74) is 2.70. The molecule has 9 heteroatoms. The predicted molar refractivity (Wildman–Crippen MR) is 117 cm³/mol. The number of amides is 2. The summed E-state index contributed by atoms with van der Waals surface area (Å²) in [6, 6.07) is 10.9. The van der Waals surface area contributed by atoms with Gasteiger partial charge in [0, 0.05) is 24.1 Å². The van der Waals surface area contributed by atoms with Crippen LogP contribution in [0, 0.1) is 0 Å². The van der Waals surface area contributed by atoms with E-state index in [4.69, 9.17) is 9.47 Å². The number of carbonyl (C=O) groups excluding carboxylic acids is 2. The molecular formula is C22H25BrN2O6. The molecular weight excluding hydrogens is 468 g/mol. The molecule has 8 nitrogen and oxygen atoms in total. The van der Waals surface area contributed by atoms with E-state index in [0.29, 0.717) is 24.5 Å². The van der Waals surface area contributed by atoms with Gasteiger partial charge in [-0.05, 0) is 47.4 Å². The van der Waals surface area contributed by atoms with Gasteiger partial charge in [0.25, 0.3) is 11.8 Å². The Balaban J connectivity index is 1.61. The highest BCUT2D eigenvalue weighted by molar-refractivity contribution is 9.10. The summed E-state index contributed by atoms with van der Waals surface area (Å²) in [5.74, 6) is -0.360. The first kappa shape index (κ1) is 23.1. The Morgan fingerprint density at radius 2 is 1.68 bits per heavy atom. The summed E-state index contributed by atoms with van der Waals surface area (Å²) in [5, 5.41) is 23.1. The maximum absolute atomic E-state index is 12.7. The average Bonchev–Trinajstić information content (AvgIpc) is 2.80. The molecule has 166 valence electrons. The molecule has 31 heavy (non-hydrogen) atoms. The third-order valence-electron chi connectivity index (χ3n) is 5.23. The molecule has 2 aromatic carbocycles. The van der Waals surface area contributed by atoms with Crippen LogP contribution in [0.15, 0.2) is 40.9 Å². The molecule has 0 saturated carbocycles. The number of hydrogen-bond acceptors (Lipinski definition) is 6. The number of nitrogens with one attached hydrogen (secondary N) is 1. The number of methoxy groups -OCH3 is 2. The van der Waals surface area contributed by atoms with E-state index < -0.39 is 24.0 Å². The first-order valence-corrected chi connectivity index (χ1v) is 10.5. The van der Waals surface area contributed by atoms with Gasteiger partial charge >= 0.3 is 0 Å². The van der Waals surface area contributed by atoms with Crippen molar-refractivity contribution in [3.8, 4) is 11.5 Å². The Morgan fingerprint density at radius 1 is 1.06 bits per heavy atom. The largest absolute Gasteiger partial charge is 0.493 e. The van der Waals surface area contributed by atoms with E-state index in [9.17, 15) is 19.8 Å². The summed E-state index contributed by atoms with van der Waals surface area (Å²) in [4.78, 5) is 26.4. The third kappa shape index (κ3) is 5.36. The highest BCUT2D eigenvalue weighted by atomic mass is 79.9. The number of hydrogen-bond donors (Lipinski definition) is 3. The van der Waals surface area contributed by atoms with Crippen molar-refractivity contribution in [2.45, 2.75) is 31.7 Å². The Bertz CT molecular complexity index is 950. The fourth-order valence-electron chi connectivity index (χ4n) is 3.43. The van der Waals surface area contributed by atoms with Crippen LogP contribution in [-0.4, -0.2) is 59.9 Å². The number of nitrogens with zero attached hydrogens (tertiary/aromatic N) is 1. The lowest BCUT2D eigenvalue weighted by Crippen LogP contribution is -2.51. The second-order valence-electron chi connectivity index (χ2n) is 7.22. The van der Waals surface area contributed by atoms with Gasteiger partial charge in [-0.3, -0.25) is 9.59 Å². The van der Waals surface area contributed by atoms with Crippen LogP contribution in [0.5, 0.6) is 11.5 Å². The predicted octanol–water partition coefficient (Wildman–Crippen LogP) is 1.39. The lowest BCUT2D eigenvalue weighted by Gasteiger charge is -2.31. The fraction of sp³-hybridized carbons (Fsp3) is 0.364. The molecule has 0 aromatic heterocycles. The number of fused-ring (bicyclic) bond motifs is 1. The van der Waals surface area contributed by atoms with Gasteiger partial charge in [-0.15, -0.1) is 0 Å². The van der Waals surface area contributed by atoms with E-state index in [1.54, 1.807) is 13.2 Å². The second kappa shape index (κ2) is 10.1. The van der Waals surface area contributed by atoms with Gasteiger partial charge in [-0.1, -0.05) is 28.1 Å². The minimum atomic E-state index is -1.87. The number of benzene rings is 2. The third-order valence-corrected chi connectivity index (χ3v) is 5.76. The van der Waals surface area contributed by atoms with Crippen molar-refractivity contribution in [1.82, 2.24) is 10.2 Å². The second-order valence-corrected chi connectivity index (χ2v) is 8.14. The minimum absolute atomic E-state index is 0.169. The number of halogens is 1. The maximum atomic E-state index is 12.7. The van der Waals surface area contributed by atoms with E-state index in [1.807, 2.05) is 30.3 Å². The standard InChI is InChI=1S/C22H25BrN2O6/c1-30-17-9-14-7-8-25(12-15(14)10-18(17)31-2)22(29)20(27)19(26)21(28)24-11-13-3-5-16(23)6-4-13/h3-6,9-10,19-20,26-27H,7-8,11-12H2,1-2H3,(H,24,28). The molecule has 0 radical (unpaired) electrons. The Hall–Kier alpha value is -2.62. The molecule has 2 atom stereocenters. The normalized spacial score (nSPS) is 14.9. The summed E-state index contributed by atoms with van der Waals surface area (Å²) in [6.07, 6.45) is -3.17. The lowest BCUT2D eigenvalue weighted by atomic mass is 9.98. The van der Waals surface area contributed by atoms with Crippen molar-refractivity contribution in [3.63, 3.8) is 0 Å². The van der Waals surface area contributed by atoms with Crippen molar-refractivity contribution in [2.24, 2.45) is 0 Å². The minimum Gasteiger partial charge on any atom is -0.493 e. The first-order chi connectivity index (χ1) is 14.8. The monoisotopic (exact) mass is 492 g/mol. The molecule has 2 unspecified atom stereocenters. The van der Waals surface area contributed by atoms with Crippen LogP contribution >= 0.6 is 15.9 Å². The zero-order valence-corrected chi connectivity index (χ0v) is 18.9. The molecule has 0 bridgehead atoms. The zero-order chi connectivity index (χ0) is 22.5. The van der Waals surface area contributed by atoms with E-state index in [-0.39, 0.29) is 13.1 Å². The summed E-state index contributed by atoms with van der Waals surface area (Å²) >= 11 is 3.33. The Morgan fingerprint density at radius 3 is 2.29 bits per heavy atom. The molecule has 0 saturated heterocycles. The van der Waals surface area contributed by atoms with Crippen molar-refractivity contribution in [1.29, 1.82) is 0 Å². The lowest BCUT2D eigenvalue weighted by molar-refractivity contribution is -0.153. The van der Waals surface area contributed by atoms with E-state index in [2.05, 4.69) is 21.2 Å². The highest BCUT2D eigenvalue weighted by Crippen LogP contribution is 2.33. The molecule has 1 aliphatic heterocycles. The Kier molecular flexibility index (Phi) is 7.53. The topological polar surface area (TPSA) is 108 Å². The van der Waals surface area contributed by atoms with Crippen LogP contribution in [0.1, 0.15) is 16.7 Å². The van der Waals surface area contributed by atoms with Gasteiger partial charge in [-0.25, -0.2) is 0 Å². The molecule has 3 N–H and O–H groups in total. The Labute approximate surface area is 188 Å². The number of rotatable bonds is 7. The van der Waals surface area contributed by atoms with Gasteiger partial charge in [0.05, 0.1) is 14.2 Å². The van der Waals surface area contributed by atoms with Crippen molar-refractivity contribution < 1.29 is 29.3 Å². The summed E-state index contributed by atoms with van der Waals surface area (Å²) in [7, 11) is 3.09. The van der Waals surface area contributed by atoms with Crippen LogP contribution in [0.4, 0.5) is 0 Å². The van der Waals surface area contributed by atoms with Gasteiger partial charge in [0.2, 0.25) is 0 Å². The van der Waals surface area contributed by atoms with Gasteiger partial charge < -0.3 is 29.9 Å². The SMILES string of the molecule is COc1cc2c(cc1OC)CN(C(=O)C(O)C(O)C(=O)NCc1ccc(Br)cc1)CC2. The van der Waals surface area contributed by atoms with Crippen LogP contribution in [0.3, 0.4) is 0 Å². The van der Waals surface area contributed by atoms with Crippen LogP contribution in [-0.2, 0) is 29.1 Å². The zero-order valence-electron chi connectivity index (χ0n) is 17.3. The number of carbonyl (C=O) groups is 2. The maximum Gasteiger partial charge on any atom is 0.255 e. The first-order valence-electron chi connectivity index (χ1n) is 9.75. The molecule has 0 spiro atoms. The van der Waals surface area contributed by atoms with Gasteiger partial charge in [0.15, 0.2) is 23.7 Å². The van der Waals surface area contributed by atoms with Crippen LogP contribution < -0.4 is 14.8 Å². The van der Waals surface area contributed by atoms with E-state index in [1.165, 1.54) is 12.0 Å². The quantitative estimate of drug-likeness (QED) is 0.538. The van der Waals surface area contributed by atoms with E-state index >= 15 is 0 Å². The van der Waals surface area contributed by atoms with Crippen molar-refractivity contribution in [3.05, 3.63) is 57.6 Å². The van der Waals surface area contributed by atoms with Crippen molar-refractivity contribution >= 4 is 27.7 Å². The van der Waals surface area contributed by atoms with Gasteiger partial charge in [-0.2, -0.15) is 0 Å². The average molecular weight is 493 g/mol. The molecule has 1 heterocycles. The summed E-state index contributed by atoms with van der Waals surface area (Å²) in [6.45, 7) is 0.757. The van der Waals surface area contributed by atoms with Gasteiger partial charge in [0.1, 0.15) is 0 Å². The van der Waals surface area contributed by atoms with Crippen molar-refractivity contribution in [2.75, 3.05) is 20.8 Å². The summed E-state index contributed by atoms with van der Waals surface area (Å²) < 4.78 is 11.5. The van der Waals surface area contributed by atoms with E-state index in [0.717, 1.165) is 21.2 Å². The molecule has 2 amide bonds. The molecule has 3 rings (SSSR count). The number of aliphatic hydroxyl groups is 2. The number of ether oxygens (including phenoxy) is 2. The molecule has 0 aliphatic carbocycles. The number of aliphatic hydroxyl groups excluding tert-OH is 2. The molecule has 2 aromatic rings. The highest BCUT2D eigenvalue weighted by Gasteiger charge is 2.34. The fourth-order valence-corrected chi connectivity index (χ4v) is 3.70. The molecule has 1 aliphatic rings. The molecule has 0 fully saturated rings. The smallest absolute Gasteiger partial charge is 0.255 e.